The van der Waals surface area contributed by atoms with Crippen molar-refractivity contribution in [2.45, 2.75) is 38.8 Å². The number of benzene rings is 2. The van der Waals surface area contributed by atoms with Gasteiger partial charge in [-0.15, -0.1) is 0 Å². The Morgan fingerprint density at radius 2 is 1.71 bits per heavy atom. The Hall–Kier alpha value is -2.44. The highest BCUT2D eigenvalue weighted by Gasteiger charge is 2.20. The van der Waals surface area contributed by atoms with Gasteiger partial charge in [0.25, 0.3) is 0 Å². The van der Waals surface area contributed by atoms with Crippen LogP contribution in [0.15, 0.2) is 42.6 Å². The number of nitrogens with one attached hydrogen (secondary N) is 1. The molecule has 1 saturated heterocycles. The average Bonchev–Trinajstić information content (AvgIpc) is 3.15. The number of amides is 1. The summed E-state index contributed by atoms with van der Waals surface area (Å²) in [5.74, 6) is -0.738. The lowest BCUT2D eigenvalue weighted by molar-refractivity contribution is -0.132. The second-order valence-corrected chi connectivity index (χ2v) is 8.55. The molecule has 1 aliphatic heterocycles. The van der Waals surface area contributed by atoms with Crippen molar-refractivity contribution in [3.8, 4) is 0 Å². The van der Waals surface area contributed by atoms with E-state index < -0.39 is 5.82 Å². The molecule has 4 nitrogen and oxygen atoms in total. The fourth-order valence-corrected chi connectivity index (χ4v) is 4.40. The topological polar surface area (TPSA) is 39.3 Å². The Labute approximate surface area is 185 Å². The van der Waals surface area contributed by atoms with E-state index >= 15 is 0 Å². The molecular formula is C24H26ClF2N3O. The van der Waals surface area contributed by atoms with E-state index in [9.17, 15) is 13.6 Å². The number of halogens is 3. The first-order chi connectivity index (χ1) is 15.0. The highest BCUT2D eigenvalue weighted by atomic mass is 35.5. The maximum absolute atomic E-state index is 13.8. The first kappa shape index (κ1) is 21.8. The van der Waals surface area contributed by atoms with Crippen LogP contribution in [0.25, 0.3) is 10.9 Å². The molecule has 2 heterocycles. The van der Waals surface area contributed by atoms with E-state index in [0.29, 0.717) is 23.6 Å². The minimum atomic E-state index is -0.413. The Bertz CT molecular complexity index is 1060. The van der Waals surface area contributed by atoms with Crippen LogP contribution in [0, 0.1) is 11.6 Å². The van der Waals surface area contributed by atoms with Gasteiger partial charge in [0.15, 0.2) is 0 Å². The first-order valence-electron chi connectivity index (χ1n) is 10.7. The van der Waals surface area contributed by atoms with Crippen molar-refractivity contribution < 1.29 is 13.6 Å². The molecule has 1 fully saturated rings. The van der Waals surface area contributed by atoms with Crippen LogP contribution in [-0.4, -0.2) is 40.3 Å². The van der Waals surface area contributed by atoms with Crippen molar-refractivity contribution in [2.75, 3.05) is 19.6 Å². The molecule has 7 heteroatoms. The van der Waals surface area contributed by atoms with E-state index in [4.69, 9.17) is 11.6 Å². The smallest absolute Gasteiger partial charge is 0.224 e. The lowest BCUT2D eigenvalue weighted by atomic mass is 10.1. The van der Waals surface area contributed by atoms with E-state index in [1.165, 1.54) is 43.5 Å². The predicted molar refractivity (Wildman–Crippen MR) is 119 cm³/mol. The number of carbonyl (C=O) groups is 1. The van der Waals surface area contributed by atoms with Crippen molar-refractivity contribution in [3.63, 3.8) is 0 Å². The van der Waals surface area contributed by atoms with Crippen molar-refractivity contribution in [2.24, 2.45) is 0 Å². The van der Waals surface area contributed by atoms with Gasteiger partial charge in [0.1, 0.15) is 11.6 Å². The fourth-order valence-electron chi connectivity index (χ4n) is 4.17. The monoisotopic (exact) mass is 445 g/mol. The summed E-state index contributed by atoms with van der Waals surface area (Å²) in [5.41, 5.74) is 2.33. The summed E-state index contributed by atoms with van der Waals surface area (Å²) in [6.45, 7) is 3.35. The average molecular weight is 446 g/mol. The Kier molecular flexibility index (Phi) is 6.88. The van der Waals surface area contributed by atoms with Crippen LogP contribution in [0.1, 0.15) is 36.8 Å². The zero-order chi connectivity index (χ0) is 21.8. The number of nitrogens with zero attached hydrogens (tertiary/aromatic N) is 2. The van der Waals surface area contributed by atoms with Gasteiger partial charge in [-0.1, -0.05) is 24.1 Å². The van der Waals surface area contributed by atoms with Crippen LogP contribution < -0.4 is 0 Å². The second-order valence-electron chi connectivity index (χ2n) is 8.14. The molecule has 31 heavy (non-hydrogen) atoms. The van der Waals surface area contributed by atoms with Crippen molar-refractivity contribution >= 4 is 28.4 Å². The van der Waals surface area contributed by atoms with Crippen LogP contribution in [0.5, 0.6) is 0 Å². The summed E-state index contributed by atoms with van der Waals surface area (Å²) in [7, 11) is 0. The predicted octanol–water partition coefficient (Wildman–Crippen LogP) is 5.50. The molecule has 1 N–H and O–H groups in total. The lowest BCUT2D eigenvalue weighted by Gasteiger charge is -2.28. The highest BCUT2D eigenvalue weighted by Crippen LogP contribution is 2.24. The number of fused-ring (bicyclic) bond motifs is 1. The van der Waals surface area contributed by atoms with Gasteiger partial charge in [0, 0.05) is 48.2 Å². The molecule has 0 atom stereocenters. The number of carbonyl (C=O) groups excluding carboxylic acids is 1. The van der Waals surface area contributed by atoms with Gasteiger partial charge < -0.3 is 14.8 Å². The second kappa shape index (κ2) is 9.79. The van der Waals surface area contributed by atoms with Crippen molar-refractivity contribution in [1.29, 1.82) is 0 Å². The van der Waals surface area contributed by atoms with Gasteiger partial charge in [0.2, 0.25) is 5.91 Å². The maximum Gasteiger partial charge on any atom is 0.224 e. The van der Waals surface area contributed by atoms with E-state index in [1.54, 1.807) is 23.2 Å². The zero-order valence-corrected chi connectivity index (χ0v) is 18.1. The third kappa shape index (κ3) is 5.43. The van der Waals surface area contributed by atoms with Gasteiger partial charge >= 0.3 is 0 Å². The third-order valence-corrected chi connectivity index (χ3v) is 6.26. The van der Waals surface area contributed by atoms with E-state index in [2.05, 4.69) is 9.88 Å². The minimum Gasteiger partial charge on any atom is -0.361 e. The molecule has 0 bridgehead atoms. The molecule has 0 spiro atoms. The van der Waals surface area contributed by atoms with Crippen molar-refractivity contribution in [3.05, 3.63) is 70.4 Å². The van der Waals surface area contributed by atoms with Gasteiger partial charge in [-0.3, -0.25) is 4.79 Å². The molecule has 0 radical (unpaired) electrons. The lowest BCUT2D eigenvalue weighted by Crippen LogP contribution is -2.36. The number of aromatic amines is 1. The van der Waals surface area contributed by atoms with E-state index in [-0.39, 0.29) is 18.3 Å². The number of H-pyrrole nitrogens is 1. The standard InChI is InChI=1S/C24H26ClF2N3O/c25-22-13-20(27)5-4-17(22)15-30(24(31)8-11-29-9-2-1-3-10-29)16-18-14-28-23-7-6-19(26)12-21(18)23/h4-7,12-14,28H,1-3,8-11,15-16H2. The molecule has 0 aliphatic carbocycles. The quantitative estimate of drug-likeness (QED) is 0.521. The van der Waals surface area contributed by atoms with Crippen LogP contribution in [0.3, 0.4) is 0 Å². The number of piperidine rings is 1. The van der Waals surface area contributed by atoms with Gasteiger partial charge in [-0.25, -0.2) is 8.78 Å². The highest BCUT2D eigenvalue weighted by molar-refractivity contribution is 6.31. The Balaban J connectivity index is 1.54. The molecule has 2 aromatic carbocycles. The first-order valence-corrected chi connectivity index (χ1v) is 11.1. The van der Waals surface area contributed by atoms with Gasteiger partial charge in [-0.05, 0) is 67.4 Å². The molecule has 1 amide bonds. The van der Waals surface area contributed by atoms with Crippen LogP contribution in [0.2, 0.25) is 5.02 Å². The third-order valence-electron chi connectivity index (χ3n) is 5.91. The summed E-state index contributed by atoms with van der Waals surface area (Å²) in [6, 6.07) is 8.78. The SMILES string of the molecule is O=C(CCN1CCCCC1)N(Cc1ccc(F)cc1Cl)Cc1c[nH]c2ccc(F)cc12. The van der Waals surface area contributed by atoms with Crippen LogP contribution >= 0.6 is 11.6 Å². The molecule has 1 aromatic heterocycles. The summed E-state index contributed by atoms with van der Waals surface area (Å²) in [4.78, 5) is 20.4. The molecular weight excluding hydrogens is 420 g/mol. The fraction of sp³-hybridized carbons (Fsp3) is 0.375. The molecule has 164 valence electrons. The number of likely N-dealkylation sites (tertiary alicyclic amines) is 1. The number of rotatable bonds is 7. The van der Waals surface area contributed by atoms with Gasteiger partial charge in [-0.2, -0.15) is 0 Å². The molecule has 4 rings (SSSR count). The summed E-state index contributed by atoms with van der Waals surface area (Å²) in [6.07, 6.45) is 5.79. The normalized spacial score (nSPS) is 14.8. The van der Waals surface area contributed by atoms with E-state index in [1.807, 2.05) is 0 Å². The molecule has 0 saturated carbocycles. The number of aromatic nitrogens is 1. The molecule has 0 unspecified atom stereocenters. The molecule has 3 aromatic rings. The minimum absolute atomic E-state index is 0.00304. The Morgan fingerprint density at radius 1 is 1.00 bits per heavy atom. The van der Waals surface area contributed by atoms with E-state index in [0.717, 1.165) is 36.1 Å². The van der Waals surface area contributed by atoms with Crippen LogP contribution in [-0.2, 0) is 17.9 Å². The summed E-state index contributed by atoms with van der Waals surface area (Å²) >= 11 is 6.23. The maximum atomic E-state index is 13.8. The Morgan fingerprint density at radius 3 is 2.48 bits per heavy atom. The largest absolute Gasteiger partial charge is 0.361 e. The summed E-state index contributed by atoms with van der Waals surface area (Å²) in [5, 5.41) is 1.04. The molecule has 1 aliphatic rings. The van der Waals surface area contributed by atoms with Gasteiger partial charge in [0.05, 0.1) is 0 Å². The number of hydrogen-bond acceptors (Lipinski definition) is 2. The summed E-state index contributed by atoms with van der Waals surface area (Å²) < 4.78 is 27.3. The number of hydrogen-bond donors (Lipinski definition) is 1. The van der Waals surface area contributed by atoms with Crippen LogP contribution in [0.4, 0.5) is 8.78 Å². The van der Waals surface area contributed by atoms with Crippen molar-refractivity contribution in [1.82, 2.24) is 14.8 Å². The zero-order valence-electron chi connectivity index (χ0n) is 17.3.